The summed E-state index contributed by atoms with van der Waals surface area (Å²) in [4.78, 5) is 17.3. The van der Waals surface area contributed by atoms with Gasteiger partial charge in [-0.1, -0.05) is 0 Å². The van der Waals surface area contributed by atoms with Gasteiger partial charge in [0.1, 0.15) is 23.0 Å². The van der Waals surface area contributed by atoms with E-state index in [2.05, 4.69) is 10.00 Å². The van der Waals surface area contributed by atoms with Crippen molar-refractivity contribution in [3.63, 3.8) is 0 Å². The lowest BCUT2D eigenvalue weighted by Gasteiger charge is -2.36. The number of halogens is 1. The maximum atomic E-state index is 13.3. The number of piperazine rings is 1. The molecule has 1 fully saturated rings. The van der Waals surface area contributed by atoms with Crippen LogP contribution in [0.5, 0.6) is 11.5 Å². The van der Waals surface area contributed by atoms with Crippen LogP contribution in [0, 0.1) is 12.7 Å². The second-order valence-electron chi connectivity index (χ2n) is 7.38. The molecule has 0 radical (unpaired) electrons. The summed E-state index contributed by atoms with van der Waals surface area (Å²) in [6.07, 6.45) is 0. The predicted octanol–water partition coefficient (Wildman–Crippen LogP) is 3.30. The molecule has 0 unspecified atom stereocenters. The van der Waals surface area contributed by atoms with Crippen molar-refractivity contribution in [1.29, 1.82) is 0 Å². The molecule has 0 spiro atoms. The number of hydrogen-bond donors (Lipinski definition) is 0. The number of benzene rings is 2. The van der Waals surface area contributed by atoms with Gasteiger partial charge in [0.05, 0.1) is 31.3 Å². The number of hydrogen-bond acceptors (Lipinski definition) is 5. The summed E-state index contributed by atoms with van der Waals surface area (Å²) in [5.41, 5.74) is 2.83. The standard InChI is InChI=1S/C23H25FN4O3/c1-16-14-21(28(25-16)18-6-4-17(24)5-7-18)23(29)27-12-10-26(11-13-27)20-9-8-19(30-2)15-22(20)31-3/h4-9,14-15H,10-13H2,1-3H3. The maximum absolute atomic E-state index is 13.3. The molecule has 0 N–H and O–H groups in total. The number of carbonyl (C=O) groups excluding carboxylic acids is 1. The van der Waals surface area contributed by atoms with Crippen LogP contribution in [0.15, 0.2) is 48.5 Å². The van der Waals surface area contributed by atoms with E-state index in [1.54, 1.807) is 37.1 Å². The first kappa shape index (κ1) is 20.7. The third kappa shape index (κ3) is 4.19. The van der Waals surface area contributed by atoms with Gasteiger partial charge in [-0.05, 0) is 49.4 Å². The Balaban J connectivity index is 1.50. The molecular weight excluding hydrogens is 399 g/mol. The van der Waals surface area contributed by atoms with Crippen LogP contribution in [0.4, 0.5) is 10.1 Å². The van der Waals surface area contributed by atoms with Crippen molar-refractivity contribution in [3.05, 3.63) is 65.7 Å². The van der Waals surface area contributed by atoms with E-state index in [1.807, 2.05) is 30.0 Å². The van der Waals surface area contributed by atoms with E-state index >= 15 is 0 Å². The van der Waals surface area contributed by atoms with Gasteiger partial charge in [0.2, 0.25) is 0 Å². The highest BCUT2D eigenvalue weighted by molar-refractivity contribution is 5.93. The van der Waals surface area contributed by atoms with Crippen LogP contribution >= 0.6 is 0 Å². The van der Waals surface area contributed by atoms with Crippen LogP contribution in [-0.4, -0.2) is 61.0 Å². The fourth-order valence-electron chi connectivity index (χ4n) is 3.79. The molecule has 1 aliphatic rings. The topological polar surface area (TPSA) is 59.8 Å². The number of methoxy groups -OCH3 is 2. The van der Waals surface area contributed by atoms with E-state index in [0.29, 0.717) is 37.6 Å². The number of aryl methyl sites for hydroxylation is 1. The third-order valence-electron chi connectivity index (χ3n) is 5.42. The zero-order valence-electron chi connectivity index (χ0n) is 17.8. The van der Waals surface area contributed by atoms with Crippen molar-refractivity contribution in [3.8, 4) is 17.2 Å². The second kappa shape index (κ2) is 8.67. The highest BCUT2D eigenvalue weighted by Crippen LogP contribution is 2.33. The number of aromatic nitrogens is 2. The van der Waals surface area contributed by atoms with Crippen LogP contribution in [-0.2, 0) is 0 Å². The van der Waals surface area contributed by atoms with Gasteiger partial charge >= 0.3 is 0 Å². The summed E-state index contributed by atoms with van der Waals surface area (Å²) in [6.45, 7) is 4.34. The fraction of sp³-hybridized carbons (Fsp3) is 0.304. The number of rotatable bonds is 5. The average Bonchev–Trinajstić information content (AvgIpc) is 3.20. The molecule has 1 amide bonds. The SMILES string of the molecule is COc1ccc(N2CCN(C(=O)c3cc(C)nn3-c3ccc(F)cc3)CC2)c(OC)c1. The van der Waals surface area contributed by atoms with Gasteiger partial charge in [-0.3, -0.25) is 4.79 Å². The molecule has 31 heavy (non-hydrogen) atoms. The Morgan fingerprint density at radius 1 is 0.968 bits per heavy atom. The molecule has 4 rings (SSSR count). The summed E-state index contributed by atoms with van der Waals surface area (Å²) in [6, 6.07) is 13.5. The minimum atomic E-state index is -0.328. The van der Waals surface area contributed by atoms with Crippen molar-refractivity contribution in [1.82, 2.24) is 14.7 Å². The molecule has 1 aliphatic heterocycles. The van der Waals surface area contributed by atoms with E-state index in [-0.39, 0.29) is 11.7 Å². The molecule has 0 atom stereocenters. The van der Waals surface area contributed by atoms with E-state index < -0.39 is 0 Å². The Kier molecular flexibility index (Phi) is 5.79. The van der Waals surface area contributed by atoms with Gasteiger partial charge in [0.25, 0.3) is 5.91 Å². The molecular formula is C23H25FN4O3. The van der Waals surface area contributed by atoms with E-state index in [0.717, 1.165) is 22.9 Å². The van der Waals surface area contributed by atoms with Crippen LogP contribution in [0.1, 0.15) is 16.2 Å². The van der Waals surface area contributed by atoms with Crippen LogP contribution in [0.3, 0.4) is 0 Å². The van der Waals surface area contributed by atoms with Gasteiger partial charge in [-0.25, -0.2) is 9.07 Å². The van der Waals surface area contributed by atoms with Crippen molar-refractivity contribution in [2.45, 2.75) is 6.92 Å². The summed E-state index contributed by atoms with van der Waals surface area (Å²) >= 11 is 0. The summed E-state index contributed by atoms with van der Waals surface area (Å²) in [5.74, 6) is 1.06. The normalized spacial score (nSPS) is 13.9. The number of anilines is 1. The van der Waals surface area contributed by atoms with Gasteiger partial charge in [-0.2, -0.15) is 5.10 Å². The van der Waals surface area contributed by atoms with Crippen molar-refractivity contribution < 1.29 is 18.7 Å². The predicted molar refractivity (Wildman–Crippen MR) is 116 cm³/mol. The highest BCUT2D eigenvalue weighted by Gasteiger charge is 2.26. The minimum Gasteiger partial charge on any atom is -0.497 e. The van der Waals surface area contributed by atoms with Crippen molar-refractivity contribution >= 4 is 11.6 Å². The Morgan fingerprint density at radius 3 is 2.32 bits per heavy atom. The van der Waals surface area contributed by atoms with Crippen LogP contribution in [0.2, 0.25) is 0 Å². The quantitative estimate of drug-likeness (QED) is 0.629. The Morgan fingerprint density at radius 2 is 1.68 bits per heavy atom. The number of nitrogens with zero attached hydrogens (tertiary/aromatic N) is 4. The summed E-state index contributed by atoms with van der Waals surface area (Å²) in [7, 11) is 3.26. The number of ether oxygens (including phenoxy) is 2. The van der Waals surface area contributed by atoms with E-state index in [9.17, 15) is 9.18 Å². The molecule has 162 valence electrons. The molecule has 0 aliphatic carbocycles. The van der Waals surface area contributed by atoms with Crippen LogP contribution < -0.4 is 14.4 Å². The average molecular weight is 424 g/mol. The molecule has 1 saturated heterocycles. The largest absolute Gasteiger partial charge is 0.497 e. The Hall–Kier alpha value is -3.55. The highest BCUT2D eigenvalue weighted by atomic mass is 19.1. The first-order valence-electron chi connectivity index (χ1n) is 10.1. The van der Waals surface area contributed by atoms with Crippen LogP contribution in [0.25, 0.3) is 5.69 Å². The fourth-order valence-corrected chi connectivity index (χ4v) is 3.79. The Bertz CT molecular complexity index is 1070. The second-order valence-corrected chi connectivity index (χ2v) is 7.38. The molecule has 3 aromatic rings. The molecule has 7 nitrogen and oxygen atoms in total. The minimum absolute atomic E-state index is 0.0914. The van der Waals surface area contributed by atoms with Gasteiger partial charge in [-0.15, -0.1) is 0 Å². The Labute approximate surface area is 180 Å². The van der Waals surface area contributed by atoms with Gasteiger partial charge in [0.15, 0.2) is 0 Å². The van der Waals surface area contributed by atoms with Crippen molar-refractivity contribution in [2.24, 2.45) is 0 Å². The molecule has 8 heteroatoms. The summed E-state index contributed by atoms with van der Waals surface area (Å²) in [5, 5.41) is 4.44. The molecule has 0 saturated carbocycles. The first-order valence-corrected chi connectivity index (χ1v) is 10.1. The van der Waals surface area contributed by atoms with Crippen molar-refractivity contribution in [2.75, 3.05) is 45.3 Å². The molecule has 1 aromatic heterocycles. The number of amides is 1. The summed E-state index contributed by atoms with van der Waals surface area (Å²) < 4.78 is 25.7. The smallest absolute Gasteiger partial charge is 0.272 e. The number of carbonyl (C=O) groups is 1. The lowest BCUT2D eigenvalue weighted by atomic mass is 10.2. The maximum Gasteiger partial charge on any atom is 0.272 e. The first-order chi connectivity index (χ1) is 15.0. The molecule has 2 aromatic carbocycles. The zero-order valence-corrected chi connectivity index (χ0v) is 17.8. The third-order valence-corrected chi connectivity index (χ3v) is 5.42. The molecule has 0 bridgehead atoms. The lowest BCUT2D eigenvalue weighted by molar-refractivity contribution is 0.0737. The van der Waals surface area contributed by atoms with E-state index in [4.69, 9.17) is 9.47 Å². The lowest BCUT2D eigenvalue weighted by Crippen LogP contribution is -2.49. The monoisotopic (exact) mass is 424 g/mol. The molecule has 2 heterocycles. The van der Waals surface area contributed by atoms with E-state index in [1.165, 1.54) is 12.1 Å². The van der Waals surface area contributed by atoms with Gasteiger partial charge < -0.3 is 19.3 Å². The van der Waals surface area contributed by atoms with Gasteiger partial charge in [0, 0.05) is 32.2 Å². The zero-order chi connectivity index (χ0) is 22.0.